The highest BCUT2D eigenvalue weighted by Crippen LogP contribution is 2.55. The van der Waals surface area contributed by atoms with E-state index in [0.29, 0.717) is 50.3 Å². The number of nitrogens with zero attached hydrogens (tertiary/aromatic N) is 7. The Morgan fingerprint density at radius 3 is 2.36 bits per heavy atom. The molecule has 4 aliphatic rings. The number of carbonyl (C=O) groups is 4. The first kappa shape index (κ1) is 38.0. The van der Waals surface area contributed by atoms with Crippen LogP contribution in [0, 0.1) is 11.3 Å². The summed E-state index contributed by atoms with van der Waals surface area (Å²) in [5.74, 6) is -1.38. The van der Waals surface area contributed by atoms with Crippen molar-refractivity contribution in [3.8, 4) is 5.75 Å². The molecule has 59 heavy (non-hydrogen) atoms. The minimum atomic E-state index is -4.68. The standard InChI is InChI=1S/C41H38F3N9O6/c1-59-32-19-30-24(17-31(32)46-36(55)29-3-2-4-33(45-29)41(42,43)44)22-52(49-30)26-20-40(21-26)11-15-51(16-12-40)37(56)23-9-13-50(14-10-23)25-5-6-27-28(18-25)39(58)53(38(27)57)34-7-8-35(54)48-47-34/h2-8,17-19,22-23,26H,9-16,20-21H2,1H3,(H,46,55)(H,48,54). The maximum absolute atomic E-state index is 13.7. The predicted molar refractivity (Wildman–Crippen MR) is 207 cm³/mol. The number of rotatable bonds is 7. The van der Waals surface area contributed by atoms with E-state index in [1.807, 2.05) is 21.8 Å². The largest absolute Gasteiger partial charge is 0.494 e. The molecule has 0 radical (unpaired) electrons. The molecular weight excluding hydrogens is 772 g/mol. The molecule has 2 aromatic carbocycles. The van der Waals surface area contributed by atoms with Gasteiger partial charge in [-0.15, -0.1) is 0 Å². The van der Waals surface area contributed by atoms with Crippen LogP contribution in [0.3, 0.4) is 0 Å². The van der Waals surface area contributed by atoms with Crippen LogP contribution < -0.4 is 25.4 Å². The SMILES string of the molecule is COc1cc2nn(C3CC4(CCN(C(=O)C5CCN(c6ccc7c(c6)C(=O)N(c6ccc(=O)[nH]n6)C7=O)CC5)CC4)C3)cc2cc1NC(=O)c1cccc(C(F)(F)F)n1. The second kappa shape index (κ2) is 14.4. The number of anilines is 3. The number of alkyl halides is 3. The number of aromatic nitrogens is 5. The van der Waals surface area contributed by atoms with Gasteiger partial charge in [0.05, 0.1) is 35.5 Å². The van der Waals surface area contributed by atoms with E-state index in [1.54, 1.807) is 24.3 Å². The zero-order valence-corrected chi connectivity index (χ0v) is 31.8. The highest BCUT2D eigenvalue weighted by Gasteiger charge is 2.48. The number of imide groups is 1. The Labute approximate surface area is 334 Å². The molecule has 1 aliphatic carbocycles. The minimum Gasteiger partial charge on any atom is -0.494 e. The van der Waals surface area contributed by atoms with Gasteiger partial charge in [-0.3, -0.25) is 28.7 Å². The first-order chi connectivity index (χ1) is 28.3. The predicted octanol–water partition coefficient (Wildman–Crippen LogP) is 5.46. The molecule has 5 aromatic rings. The van der Waals surface area contributed by atoms with Crippen molar-refractivity contribution in [3.05, 3.63) is 99.7 Å². The van der Waals surface area contributed by atoms with Crippen molar-refractivity contribution in [3.63, 3.8) is 0 Å². The van der Waals surface area contributed by atoms with Crippen LogP contribution in [-0.2, 0) is 11.0 Å². The summed E-state index contributed by atoms with van der Waals surface area (Å²) in [4.78, 5) is 72.8. The summed E-state index contributed by atoms with van der Waals surface area (Å²) in [6, 6.07) is 14.4. The second-order valence-corrected chi connectivity index (χ2v) is 15.7. The van der Waals surface area contributed by atoms with Gasteiger partial charge in [-0.2, -0.15) is 23.4 Å². The third-order valence-corrected chi connectivity index (χ3v) is 12.2. The fraction of sp³-hybridized carbons (Fsp3) is 0.366. The highest BCUT2D eigenvalue weighted by atomic mass is 19.4. The molecule has 1 saturated carbocycles. The fourth-order valence-electron chi connectivity index (χ4n) is 8.91. The lowest BCUT2D eigenvalue weighted by Gasteiger charge is -2.52. The minimum absolute atomic E-state index is 0.0489. The Hall–Kier alpha value is -6.59. The maximum atomic E-state index is 13.7. The summed E-state index contributed by atoms with van der Waals surface area (Å²) in [5, 5.41) is 14.2. The average Bonchev–Trinajstić information content (AvgIpc) is 3.75. The molecule has 15 nitrogen and oxygen atoms in total. The van der Waals surface area contributed by atoms with Crippen LogP contribution in [0.5, 0.6) is 5.75 Å². The van der Waals surface area contributed by atoms with Crippen molar-refractivity contribution >= 4 is 51.7 Å². The van der Waals surface area contributed by atoms with Crippen LogP contribution in [-0.4, -0.2) is 86.8 Å². The number of hydrogen-bond donors (Lipinski definition) is 2. The number of ether oxygens (including phenoxy) is 1. The summed E-state index contributed by atoms with van der Waals surface area (Å²) in [5.41, 5.74) is 0.414. The zero-order valence-electron chi connectivity index (χ0n) is 31.8. The van der Waals surface area contributed by atoms with Gasteiger partial charge >= 0.3 is 6.18 Å². The van der Waals surface area contributed by atoms with Crippen LogP contribution in [0.15, 0.2) is 71.7 Å². The van der Waals surface area contributed by atoms with Crippen molar-refractivity contribution in [2.45, 2.75) is 50.7 Å². The number of nitrogens with one attached hydrogen (secondary N) is 2. The summed E-state index contributed by atoms with van der Waals surface area (Å²) in [6.07, 6.45) is 2.18. The Morgan fingerprint density at radius 1 is 0.915 bits per heavy atom. The number of halogens is 3. The van der Waals surface area contributed by atoms with Crippen LogP contribution in [0.2, 0.25) is 0 Å². The van der Waals surface area contributed by atoms with Crippen LogP contribution >= 0.6 is 0 Å². The number of H-pyrrole nitrogens is 1. The number of amides is 4. The number of carbonyl (C=O) groups excluding carboxylic acids is 4. The number of fused-ring (bicyclic) bond motifs is 2. The topological polar surface area (TPSA) is 176 Å². The molecule has 4 amide bonds. The number of aromatic amines is 1. The van der Waals surface area contributed by atoms with E-state index in [-0.39, 0.29) is 51.6 Å². The summed E-state index contributed by atoms with van der Waals surface area (Å²) < 4.78 is 46.9. The van der Waals surface area contributed by atoms with Crippen molar-refractivity contribution in [1.82, 2.24) is 29.9 Å². The number of methoxy groups -OCH3 is 1. The molecule has 1 spiro atoms. The number of likely N-dealkylation sites (tertiary alicyclic amines) is 1. The normalized spacial score (nSPS) is 18.3. The van der Waals surface area contributed by atoms with Gasteiger partial charge in [-0.1, -0.05) is 6.07 Å². The van der Waals surface area contributed by atoms with Crippen LogP contribution in [0.1, 0.15) is 81.5 Å². The zero-order chi connectivity index (χ0) is 41.2. The van der Waals surface area contributed by atoms with E-state index < -0.39 is 35.2 Å². The lowest BCUT2D eigenvalue weighted by atomic mass is 9.60. The molecule has 0 unspecified atom stereocenters. The Kier molecular flexibility index (Phi) is 9.23. The van der Waals surface area contributed by atoms with Gasteiger partial charge in [0.2, 0.25) is 5.91 Å². The van der Waals surface area contributed by atoms with Crippen LogP contribution in [0.25, 0.3) is 10.9 Å². The summed E-state index contributed by atoms with van der Waals surface area (Å²) >= 11 is 0. The fourth-order valence-corrected chi connectivity index (χ4v) is 8.91. The molecule has 2 N–H and O–H groups in total. The molecular formula is C41H38F3N9O6. The average molecular weight is 810 g/mol. The quantitative estimate of drug-likeness (QED) is 0.201. The molecule has 9 rings (SSSR count). The van der Waals surface area contributed by atoms with E-state index in [1.165, 1.54) is 25.3 Å². The van der Waals surface area contributed by atoms with Gasteiger partial charge in [0, 0.05) is 61.5 Å². The number of hydrogen-bond acceptors (Lipinski definition) is 10. The smallest absolute Gasteiger partial charge is 0.433 e. The molecule has 18 heteroatoms. The lowest BCUT2D eigenvalue weighted by Crippen LogP contribution is -2.51. The Bertz CT molecular complexity index is 2560. The van der Waals surface area contributed by atoms with Gasteiger partial charge < -0.3 is 19.9 Å². The maximum Gasteiger partial charge on any atom is 0.433 e. The first-order valence-corrected chi connectivity index (χ1v) is 19.3. The van der Waals surface area contributed by atoms with Crippen molar-refractivity contribution in [2.24, 2.45) is 11.3 Å². The third kappa shape index (κ3) is 6.95. The molecule has 304 valence electrons. The number of pyridine rings is 1. The molecule has 3 fully saturated rings. The van der Waals surface area contributed by atoms with Crippen molar-refractivity contribution in [1.29, 1.82) is 0 Å². The lowest BCUT2D eigenvalue weighted by molar-refractivity contribution is -0.141. The van der Waals surface area contributed by atoms with E-state index in [9.17, 15) is 37.1 Å². The number of benzene rings is 2. The van der Waals surface area contributed by atoms with Crippen molar-refractivity contribution < 1.29 is 37.1 Å². The Morgan fingerprint density at radius 2 is 1.66 bits per heavy atom. The van der Waals surface area contributed by atoms with Gasteiger partial charge in [0.1, 0.15) is 17.1 Å². The van der Waals surface area contributed by atoms with Gasteiger partial charge in [0.15, 0.2) is 5.82 Å². The van der Waals surface area contributed by atoms with Gasteiger partial charge in [0.25, 0.3) is 23.3 Å². The molecule has 3 aliphatic heterocycles. The van der Waals surface area contributed by atoms with E-state index in [0.717, 1.165) is 53.8 Å². The molecule has 2 saturated heterocycles. The summed E-state index contributed by atoms with van der Waals surface area (Å²) in [6.45, 7) is 2.64. The molecule has 3 aromatic heterocycles. The van der Waals surface area contributed by atoms with E-state index in [2.05, 4.69) is 25.4 Å². The highest BCUT2D eigenvalue weighted by molar-refractivity contribution is 6.34. The second-order valence-electron chi connectivity index (χ2n) is 15.7. The Balaban J connectivity index is 0.777. The molecule has 0 atom stereocenters. The molecule has 6 heterocycles. The number of piperidine rings is 2. The van der Waals surface area contributed by atoms with Gasteiger partial charge in [-0.05, 0) is 86.4 Å². The first-order valence-electron chi connectivity index (χ1n) is 19.3. The third-order valence-electron chi connectivity index (χ3n) is 12.2. The van der Waals surface area contributed by atoms with E-state index >= 15 is 0 Å². The molecule has 0 bridgehead atoms. The monoisotopic (exact) mass is 809 g/mol. The van der Waals surface area contributed by atoms with E-state index in [4.69, 9.17) is 9.84 Å². The van der Waals surface area contributed by atoms with Crippen molar-refractivity contribution in [2.75, 3.05) is 48.4 Å². The van der Waals surface area contributed by atoms with Crippen LogP contribution in [0.4, 0.5) is 30.4 Å². The van der Waals surface area contributed by atoms with Gasteiger partial charge in [-0.25, -0.2) is 15.0 Å². The summed E-state index contributed by atoms with van der Waals surface area (Å²) in [7, 11) is 1.43.